The van der Waals surface area contributed by atoms with Crippen molar-refractivity contribution in [3.8, 4) is 0 Å². The summed E-state index contributed by atoms with van der Waals surface area (Å²) in [6.07, 6.45) is -1.10. The molecule has 1 atom stereocenters. The van der Waals surface area contributed by atoms with Crippen molar-refractivity contribution < 1.29 is 32.6 Å². The number of hydrogen-bond donors (Lipinski definition) is 2. The summed E-state index contributed by atoms with van der Waals surface area (Å²) in [5.41, 5.74) is 2.89. The van der Waals surface area contributed by atoms with Gasteiger partial charge in [-0.1, -0.05) is 42.5 Å². The number of ether oxygens (including phenoxy) is 1. The van der Waals surface area contributed by atoms with Gasteiger partial charge in [-0.2, -0.15) is 13.2 Å². The fourth-order valence-electron chi connectivity index (χ4n) is 5.18. The van der Waals surface area contributed by atoms with Gasteiger partial charge >= 0.3 is 12.3 Å². The van der Waals surface area contributed by atoms with Gasteiger partial charge in [0, 0.05) is 23.1 Å². The summed E-state index contributed by atoms with van der Waals surface area (Å²) in [4.78, 5) is 26.7. The lowest BCUT2D eigenvalue weighted by molar-refractivity contribution is -0.258. The molecule has 2 aromatic carbocycles. The van der Waals surface area contributed by atoms with Crippen LogP contribution >= 0.6 is 0 Å². The molecule has 2 aliphatic carbocycles. The van der Waals surface area contributed by atoms with Crippen LogP contribution in [0.1, 0.15) is 66.9 Å². The maximum Gasteiger partial charge on any atom is 0.421 e. The number of halogens is 3. The first-order valence-corrected chi connectivity index (χ1v) is 12.1. The van der Waals surface area contributed by atoms with E-state index in [9.17, 15) is 27.9 Å². The van der Waals surface area contributed by atoms with Crippen molar-refractivity contribution >= 4 is 12.0 Å². The SMILES string of the molecule is C[C@](O)(c1ccc(C(=O)N(C2CC2)[C@H]2CC[C@@](COC(N)=O)(c3ccccc3)CC2)cc1)C(F)(F)F. The monoisotopic (exact) mass is 504 g/mol. The first-order valence-electron chi connectivity index (χ1n) is 12.1. The highest BCUT2D eigenvalue weighted by Gasteiger charge is 2.51. The number of alkyl halides is 3. The highest BCUT2D eigenvalue weighted by Crippen LogP contribution is 2.44. The summed E-state index contributed by atoms with van der Waals surface area (Å²) >= 11 is 0. The smallest absolute Gasteiger partial charge is 0.421 e. The Bertz CT molecular complexity index is 1070. The number of amides is 2. The molecule has 0 unspecified atom stereocenters. The molecule has 9 heteroatoms. The Hall–Kier alpha value is -3.07. The fraction of sp³-hybridized carbons (Fsp3) is 0.481. The molecule has 3 N–H and O–H groups in total. The number of primary amides is 1. The van der Waals surface area contributed by atoms with Crippen molar-refractivity contribution in [1.29, 1.82) is 0 Å². The van der Waals surface area contributed by atoms with E-state index in [0.29, 0.717) is 38.2 Å². The van der Waals surface area contributed by atoms with E-state index in [2.05, 4.69) is 0 Å². The van der Waals surface area contributed by atoms with Gasteiger partial charge in [-0.05, 0) is 68.7 Å². The van der Waals surface area contributed by atoms with E-state index in [1.165, 1.54) is 12.1 Å². The number of rotatable bonds is 7. The van der Waals surface area contributed by atoms with Gasteiger partial charge in [0.1, 0.15) is 6.61 Å². The summed E-state index contributed by atoms with van der Waals surface area (Å²) < 4.78 is 44.8. The largest absolute Gasteiger partial charge is 0.449 e. The Labute approximate surface area is 208 Å². The summed E-state index contributed by atoms with van der Waals surface area (Å²) in [7, 11) is 0. The average molecular weight is 505 g/mol. The third-order valence-corrected chi connectivity index (χ3v) is 7.60. The Morgan fingerprint density at radius 1 is 1.00 bits per heavy atom. The maximum absolute atomic E-state index is 13.5. The minimum absolute atomic E-state index is 0.0339. The molecule has 0 heterocycles. The van der Waals surface area contributed by atoms with E-state index in [-0.39, 0.29) is 30.2 Å². The molecule has 0 aliphatic heterocycles. The highest BCUT2D eigenvalue weighted by molar-refractivity contribution is 5.95. The van der Waals surface area contributed by atoms with Crippen molar-refractivity contribution in [1.82, 2.24) is 4.90 Å². The molecule has 36 heavy (non-hydrogen) atoms. The number of aliphatic hydroxyl groups is 1. The van der Waals surface area contributed by atoms with Crippen molar-refractivity contribution in [3.63, 3.8) is 0 Å². The number of hydrogen-bond acceptors (Lipinski definition) is 4. The Kier molecular flexibility index (Phi) is 7.05. The lowest BCUT2D eigenvalue weighted by Gasteiger charge is -2.43. The molecule has 2 aliphatic rings. The summed E-state index contributed by atoms with van der Waals surface area (Å²) in [5, 5.41) is 9.92. The summed E-state index contributed by atoms with van der Waals surface area (Å²) in [5.74, 6) is -0.221. The van der Waals surface area contributed by atoms with Gasteiger partial charge in [-0.25, -0.2) is 4.79 Å². The van der Waals surface area contributed by atoms with E-state index >= 15 is 0 Å². The summed E-state index contributed by atoms with van der Waals surface area (Å²) in [6.45, 7) is 0.861. The van der Waals surface area contributed by atoms with Crippen molar-refractivity contribution in [2.45, 2.75) is 74.7 Å². The lowest BCUT2D eigenvalue weighted by Crippen LogP contribution is -2.48. The second kappa shape index (κ2) is 9.76. The first kappa shape index (κ1) is 26.0. The quantitative estimate of drug-likeness (QED) is 0.553. The number of nitrogens with zero attached hydrogens (tertiary/aromatic N) is 1. The molecule has 194 valence electrons. The molecule has 2 aromatic rings. The van der Waals surface area contributed by atoms with Gasteiger partial charge in [0.2, 0.25) is 0 Å². The van der Waals surface area contributed by atoms with Crippen molar-refractivity contribution in [2.75, 3.05) is 6.61 Å². The molecule has 0 spiro atoms. The van der Waals surface area contributed by atoms with Crippen LogP contribution in [-0.2, 0) is 15.8 Å². The molecular formula is C27H31F3N2O4. The van der Waals surface area contributed by atoms with E-state index in [1.54, 1.807) is 0 Å². The van der Waals surface area contributed by atoms with E-state index < -0.39 is 23.3 Å². The van der Waals surface area contributed by atoms with Gasteiger partial charge in [-0.15, -0.1) is 0 Å². The van der Waals surface area contributed by atoms with Crippen LogP contribution in [0.5, 0.6) is 0 Å². The van der Waals surface area contributed by atoms with Gasteiger partial charge in [0.05, 0.1) is 0 Å². The molecule has 6 nitrogen and oxygen atoms in total. The van der Waals surface area contributed by atoms with Crippen LogP contribution in [-0.4, -0.2) is 46.9 Å². The fourth-order valence-corrected chi connectivity index (χ4v) is 5.18. The lowest BCUT2D eigenvalue weighted by atomic mass is 9.68. The third-order valence-electron chi connectivity index (χ3n) is 7.60. The van der Waals surface area contributed by atoms with Crippen LogP contribution in [0.3, 0.4) is 0 Å². The second-order valence-corrected chi connectivity index (χ2v) is 10.1. The minimum atomic E-state index is -4.83. The van der Waals surface area contributed by atoms with Crippen LogP contribution in [0.4, 0.5) is 18.0 Å². The molecule has 0 bridgehead atoms. The molecule has 2 saturated carbocycles. The average Bonchev–Trinajstić information content (AvgIpc) is 3.69. The first-order chi connectivity index (χ1) is 16.9. The van der Waals surface area contributed by atoms with Crippen LogP contribution in [0.2, 0.25) is 0 Å². The molecule has 2 amide bonds. The number of nitrogens with two attached hydrogens (primary N) is 1. The number of carbonyl (C=O) groups excluding carboxylic acids is 2. The zero-order valence-corrected chi connectivity index (χ0v) is 20.1. The normalized spacial score (nSPS) is 24.0. The van der Waals surface area contributed by atoms with Crippen LogP contribution in [0, 0.1) is 0 Å². The Morgan fingerprint density at radius 2 is 1.56 bits per heavy atom. The van der Waals surface area contributed by atoms with Gasteiger partial charge < -0.3 is 20.5 Å². The Balaban J connectivity index is 1.51. The molecule has 4 rings (SSSR count). The maximum atomic E-state index is 13.5. The molecule has 0 radical (unpaired) electrons. The van der Waals surface area contributed by atoms with E-state index in [0.717, 1.165) is 30.5 Å². The van der Waals surface area contributed by atoms with E-state index in [4.69, 9.17) is 10.5 Å². The van der Waals surface area contributed by atoms with Gasteiger partial charge in [0.25, 0.3) is 5.91 Å². The van der Waals surface area contributed by atoms with Crippen LogP contribution < -0.4 is 5.73 Å². The molecule has 2 fully saturated rings. The van der Waals surface area contributed by atoms with Crippen LogP contribution in [0.15, 0.2) is 54.6 Å². The van der Waals surface area contributed by atoms with Crippen molar-refractivity contribution in [2.24, 2.45) is 5.73 Å². The topological polar surface area (TPSA) is 92.9 Å². The van der Waals surface area contributed by atoms with Crippen molar-refractivity contribution in [3.05, 3.63) is 71.3 Å². The predicted octanol–water partition coefficient (Wildman–Crippen LogP) is 5.04. The molecule has 0 aromatic heterocycles. The standard InChI is InChI=1S/C27H31F3N2O4/c1-25(35,27(28,29)30)19-9-7-18(8-10-19)23(33)32(21-11-12-21)22-13-15-26(16-14-22,17-36-24(31)34)20-5-3-2-4-6-20/h2-10,21-22,35H,11-17H2,1H3,(H2,31,34)/t22-,25-,26+/m0/s1. The molecule has 0 saturated heterocycles. The predicted molar refractivity (Wildman–Crippen MR) is 127 cm³/mol. The van der Waals surface area contributed by atoms with E-state index in [1.807, 2.05) is 35.2 Å². The zero-order chi connectivity index (χ0) is 26.1. The summed E-state index contributed by atoms with van der Waals surface area (Å²) in [6, 6.07) is 14.9. The third kappa shape index (κ3) is 5.21. The molecular weight excluding hydrogens is 473 g/mol. The number of benzene rings is 2. The van der Waals surface area contributed by atoms with Gasteiger partial charge in [-0.3, -0.25) is 4.79 Å². The highest BCUT2D eigenvalue weighted by atomic mass is 19.4. The van der Waals surface area contributed by atoms with Gasteiger partial charge in [0.15, 0.2) is 5.60 Å². The van der Waals surface area contributed by atoms with Crippen LogP contribution in [0.25, 0.3) is 0 Å². The number of carbonyl (C=O) groups is 2. The second-order valence-electron chi connectivity index (χ2n) is 10.1. The zero-order valence-electron chi connectivity index (χ0n) is 20.1. The minimum Gasteiger partial charge on any atom is -0.449 e. The Morgan fingerprint density at radius 3 is 2.06 bits per heavy atom.